The lowest BCUT2D eigenvalue weighted by molar-refractivity contribution is -0.263. The highest BCUT2D eigenvalue weighted by atomic mass is 16.7. The van der Waals surface area contributed by atoms with E-state index in [9.17, 15) is 15.0 Å². The van der Waals surface area contributed by atoms with Crippen molar-refractivity contribution in [2.24, 2.45) is 11.8 Å². The summed E-state index contributed by atoms with van der Waals surface area (Å²) < 4.78 is 11.6. The Kier molecular flexibility index (Phi) is 13.8. The number of amides is 1. The van der Waals surface area contributed by atoms with Crippen LogP contribution in [0.3, 0.4) is 0 Å². The maximum atomic E-state index is 13.3. The van der Waals surface area contributed by atoms with Crippen LogP contribution in [-0.4, -0.2) is 90.9 Å². The third kappa shape index (κ3) is 10.5. The number of ether oxygens (including phenoxy) is 2. The van der Waals surface area contributed by atoms with Crippen LogP contribution in [0.2, 0.25) is 0 Å². The van der Waals surface area contributed by atoms with Crippen molar-refractivity contribution in [3.63, 3.8) is 0 Å². The summed E-state index contributed by atoms with van der Waals surface area (Å²) in [7, 11) is 0. The van der Waals surface area contributed by atoms with Crippen LogP contribution in [0.25, 0.3) is 0 Å². The molecule has 178 valence electrons. The van der Waals surface area contributed by atoms with Crippen LogP contribution in [0, 0.1) is 11.8 Å². The van der Waals surface area contributed by atoms with Crippen molar-refractivity contribution in [1.82, 2.24) is 9.80 Å². The Hall–Kier alpha value is -0.730. The molecule has 0 aliphatic carbocycles. The Bertz CT molecular complexity index is 445. The second kappa shape index (κ2) is 15.1. The molecule has 0 saturated carbocycles. The highest BCUT2D eigenvalue weighted by Gasteiger charge is 2.31. The lowest BCUT2D eigenvalue weighted by Crippen LogP contribution is -2.47. The van der Waals surface area contributed by atoms with Gasteiger partial charge in [-0.25, -0.2) is 0 Å². The van der Waals surface area contributed by atoms with Gasteiger partial charge in [-0.05, 0) is 33.1 Å². The van der Waals surface area contributed by atoms with Crippen molar-refractivity contribution in [3.8, 4) is 0 Å². The number of hydrogen-bond donors (Lipinski definition) is 2. The second-order valence-electron chi connectivity index (χ2n) is 8.92. The average molecular weight is 431 g/mol. The van der Waals surface area contributed by atoms with Gasteiger partial charge in [0.15, 0.2) is 5.79 Å². The predicted molar refractivity (Wildman–Crippen MR) is 119 cm³/mol. The van der Waals surface area contributed by atoms with Gasteiger partial charge in [-0.15, -0.1) is 0 Å². The van der Waals surface area contributed by atoms with E-state index < -0.39 is 5.79 Å². The smallest absolute Gasteiger partial charge is 0.225 e. The predicted octanol–water partition coefficient (Wildman–Crippen LogP) is 2.50. The quantitative estimate of drug-likeness (QED) is 0.366. The SMILES string of the molecule is CCCCCC(CC)C(=O)N(CCCN(CCO)CCO)CC1COC(C)(C)OC1. The molecule has 1 rings (SSSR count). The summed E-state index contributed by atoms with van der Waals surface area (Å²) in [6.07, 6.45) is 6.06. The van der Waals surface area contributed by atoms with Crippen LogP contribution >= 0.6 is 0 Å². The van der Waals surface area contributed by atoms with E-state index >= 15 is 0 Å². The molecule has 0 radical (unpaired) electrons. The Morgan fingerprint density at radius 1 is 1.00 bits per heavy atom. The molecule has 30 heavy (non-hydrogen) atoms. The van der Waals surface area contributed by atoms with Crippen LogP contribution in [0.4, 0.5) is 0 Å². The van der Waals surface area contributed by atoms with Crippen molar-refractivity contribution in [3.05, 3.63) is 0 Å². The second-order valence-corrected chi connectivity index (χ2v) is 8.92. The van der Waals surface area contributed by atoms with Gasteiger partial charge in [0.25, 0.3) is 0 Å². The van der Waals surface area contributed by atoms with Crippen LogP contribution in [0.5, 0.6) is 0 Å². The monoisotopic (exact) mass is 430 g/mol. The first-order valence-corrected chi connectivity index (χ1v) is 11.9. The first-order chi connectivity index (χ1) is 14.4. The van der Waals surface area contributed by atoms with E-state index in [1.54, 1.807) is 0 Å². The lowest BCUT2D eigenvalue weighted by Gasteiger charge is -2.38. The van der Waals surface area contributed by atoms with Gasteiger partial charge in [-0.1, -0.05) is 33.1 Å². The fourth-order valence-electron chi connectivity index (χ4n) is 3.94. The molecule has 0 spiro atoms. The number of hydrogen-bond acceptors (Lipinski definition) is 6. The summed E-state index contributed by atoms with van der Waals surface area (Å²) >= 11 is 0. The van der Waals surface area contributed by atoms with Crippen molar-refractivity contribution >= 4 is 5.91 Å². The third-order valence-electron chi connectivity index (χ3n) is 5.86. The largest absolute Gasteiger partial charge is 0.395 e. The summed E-state index contributed by atoms with van der Waals surface area (Å²) in [6.45, 7) is 12.6. The van der Waals surface area contributed by atoms with E-state index in [0.29, 0.717) is 39.4 Å². The zero-order chi connectivity index (χ0) is 22.4. The molecule has 1 heterocycles. The summed E-state index contributed by atoms with van der Waals surface area (Å²) in [4.78, 5) is 17.4. The number of carbonyl (C=O) groups excluding carboxylic acids is 1. The van der Waals surface area contributed by atoms with E-state index in [1.165, 1.54) is 6.42 Å². The molecule has 1 atom stereocenters. The summed E-state index contributed by atoms with van der Waals surface area (Å²) in [5.74, 6) is -0.0492. The molecule has 7 nitrogen and oxygen atoms in total. The number of rotatable bonds is 16. The van der Waals surface area contributed by atoms with Gasteiger partial charge in [-0.2, -0.15) is 0 Å². The topological polar surface area (TPSA) is 82.5 Å². The van der Waals surface area contributed by atoms with Gasteiger partial charge < -0.3 is 24.6 Å². The highest BCUT2D eigenvalue weighted by Crippen LogP contribution is 2.23. The Balaban J connectivity index is 2.70. The standard InChI is InChI=1S/C23H46N2O5/c1-5-7-8-10-21(6-2)22(28)25(12-9-11-24(13-15-26)14-16-27)17-20-18-29-23(3,4)30-19-20/h20-21,26-27H,5-19H2,1-4H3. The van der Waals surface area contributed by atoms with Gasteiger partial charge in [-0.3, -0.25) is 9.69 Å². The summed E-state index contributed by atoms with van der Waals surface area (Å²) in [6, 6.07) is 0. The van der Waals surface area contributed by atoms with E-state index in [0.717, 1.165) is 38.6 Å². The molecule has 1 aliphatic rings. The minimum absolute atomic E-state index is 0.0735. The van der Waals surface area contributed by atoms with Crippen molar-refractivity contribution < 1.29 is 24.5 Å². The van der Waals surface area contributed by atoms with Gasteiger partial charge in [0.1, 0.15) is 0 Å². The highest BCUT2D eigenvalue weighted by molar-refractivity contribution is 5.78. The van der Waals surface area contributed by atoms with Gasteiger partial charge >= 0.3 is 0 Å². The molecule has 1 saturated heterocycles. The molecule has 1 fully saturated rings. The van der Waals surface area contributed by atoms with Gasteiger partial charge in [0, 0.05) is 44.6 Å². The van der Waals surface area contributed by atoms with E-state index in [1.807, 2.05) is 23.6 Å². The molecular weight excluding hydrogens is 384 g/mol. The maximum absolute atomic E-state index is 13.3. The summed E-state index contributed by atoms with van der Waals surface area (Å²) in [5.41, 5.74) is 0. The first kappa shape index (κ1) is 27.3. The molecule has 7 heteroatoms. The van der Waals surface area contributed by atoms with Gasteiger partial charge in [0.05, 0.1) is 26.4 Å². The first-order valence-electron chi connectivity index (χ1n) is 11.9. The number of aliphatic hydroxyl groups excluding tert-OH is 2. The molecule has 2 N–H and O–H groups in total. The molecule has 0 aromatic heterocycles. The van der Waals surface area contributed by atoms with Crippen molar-refractivity contribution in [1.29, 1.82) is 0 Å². The number of carbonyl (C=O) groups is 1. The van der Waals surface area contributed by atoms with Crippen LogP contribution in [-0.2, 0) is 14.3 Å². The molecule has 1 unspecified atom stereocenters. The summed E-state index contributed by atoms with van der Waals surface area (Å²) in [5, 5.41) is 18.4. The Morgan fingerprint density at radius 2 is 1.63 bits per heavy atom. The number of unbranched alkanes of at least 4 members (excludes halogenated alkanes) is 2. The molecule has 0 aromatic carbocycles. The molecule has 1 aliphatic heterocycles. The zero-order valence-electron chi connectivity index (χ0n) is 19.8. The third-order valence-corrected chi connectivity index (χ3v) is 5.86. The van der Waals surface area contributed by atoms with E-state index in [2.05, 4.69) is 13.8 Å². The normalized spacial score (nSPS) is 18.0. The van der Waals surface area contributed by atoms with Crippen LogP contribution < -0.4 is 0 Å². The maximum Gasteiger partial charge on any atom is 0.225 e. The van der Waals surface area contributed by atoms with Crippen LogP contribution in [0.15, 0.2) is 0 Å². The fraction of sp³-hybridized carbons (Fsp3) is 0.957. The van der Waals surface area contributed by atoms with E-state index in [4.69, 9.17) is 9.47 Å². The van der Waals surface area contributed by atoms with Crippen molar-refractivity contribution in [2.45, 2.75) is 72.0 Å². The van der Waals surface area contributed by atoms with E-state index in [-0.39, 0.29) is 31.0 Å². The van der Waals surface area contributed by atoms with Gasteiger partial charge in [0.2, 0.25) is 5.91 Å². The van der Waals surface area contributed by atoms with Crippen molar-refractivity contribution in [2.75, 3.05) is 59.2 Å². The van der Waals surface area contributed by atoms with Crippen LogP contribution in [0.1, 0.15) is 66.2 Å². The average Bonchev–Trinajstić information content (AvgIpc) is 2.71. The Labute approximate surface area is 183 Å². The minimum atomic E-state index is -0.549. The zero-order valence-corrected chi connectivity index (χ0v) is 19.8. The molecule has 0 aromatic rings. The lowest BCUT2D eigenvalue weighted by atomic mass is 9.96. The molecular formula is C23H46N2O5. The Morgan fingerprint density at radius 3 is 2.17 bits per heavy atom. The molecule has 0 bridgehead atoms. The fourth-order valence-corrected chi connectivity index (χ4v) is 3.94. The molecule has 1 amide bonds. The number of aliphatic hydroxyl groups is 2. The number of nitrogens with zero attached hydrogens (tertiary/aromatic N) is 2. The minimum Gasteiger partial charge on any atom is -0.395 e.